The van der Waals surface area contributed by atoms with Crippen molar-refractivity contribution in [2.75, 3.05) is 6.61 Å². The predicted molar refractivity (Wildman–Crippen MR) is 51.9 cm³/mol. The second-order valence-corrected chi connectivity index (χ2v) is 3.17. The van der Waals surface area contributed by atoms with Crippen LogP contribution in [0.3, 0.4) is 0 Å². The highest BCUT2D eigenvalue weighted by atomic mass is 19.4. The number of ether oxygens (including phenoxy) is 1. The molecule has 0 saturated heterocycles. The summed E-state index contributed by atoms with van der Waals surface area (Å²) >= 11 is 0. The highest BCUT2D eigenvalue weighted by molar-refractivity contribution is 5.43. The molecule has 0 aromatic heterocycles. The summed E-state index contributed by atoms with van der Waals surface area (Å²) < 4.78 is 42.8. The highest BCUT2D eigenvalue weighted by Crippen LogP contribution is 2.36. The van der Waals surface area contributed by atoms with Gasteiger partial charge in [0.2, 0.25) is 0 Å². The lowest BCUT2D eigenvalue weighted by Crippen LogP contribution is -2.09. The number of halogens is 3. The topological polar surface area (TPSA) is 33.0 Å². The predicted octanol–water partition coefficient (Wildman–Crippen LogP) is 3.37. The minimum atomic E-state index is -4.50. The molecule has 0 heterocycles. The second kappa shape index (κ2) is 4.88. The van der Waals surface area contributed by atoms with Crippen molar-refractivity contribution in [2.24, 2.45) is 0 Å². The van der Waals surface area contributed by atoms with Gasteiger partial charge >= 0.3 is 6.18 Å². The summed E-state index contributed by atoms with van der Waals surface area (Å²) in [5, 5.41) is 8.54. The first-order valence-electron chi connectivity index (χ1n) is 4.73. The molecule has 0 unspecified atom stereocenters. The molecule has 2 nitrogen and oxygen atoms in total. The van der Waals surface area contributed by atoms with Crippen LogP contribution in [0.25, 0.3) is 0 Å². The van der Waals surface area contributed by atoms with Gasteiger partial charge < -0.3 is 4.74 Å². The molecule has 0 fully saturated rings. The fourth-order valence-electron chi connectivity index (χ4n) is 1.16. The Morgan fingerprint density at radius 1 is 1.38 bits per heavy atom. The minimum Gasteiger partial charge on any atom is -0.493 e. The van der Waals surface area contributed by atoms with Gasteiger partial charge in [-0.1, -0.05) is 6.92 Å². The molecule has 0 spiro atoms. The van der Waals surface area contributed by atoms with E-state index in [0.29, 0.717) is 6.42 Å². The highest BCUT2D eigenvalue weighted by Gasteiger charge is 2.34. The number of hydrogen-bond donors (Lipinski definition) is 0. The van der Waals surface area contributed by atoms with E-state index >= 15 is 0 Å². The first-order valence-corrected chi connectivity index (χ1v) is 4.73. The van der Waals surface area contributed by atoms with Crippen LogP contribution >= 0.6 is 0 Å². The molecule has 86 valence electrons. The Bertz CT molecular complexity index is 407. The average Bonchev–Trinajstić information content (AvgIpc) is 2.25. The average molecular weight is 229 g/mol. The number of benzene rings is 1. The standard InChI is InChI=1S/C11H10F3NO/c1-2-5-16-10-4-3-8(7-15)6-9(10)11(12,13)14/h3-4,6H,2,5H2,1H3. The smallest absolute Gasteiger partial charge is 0.420 e. The molecule has 0 aliphatic heterocycles. The maximum atomic E-state index is 12.6. The van der Waals surface area contributed by atoms with Crippen LogP contribution in [0, 0.1) is 11.3 Å². The van der Waals surface area contributed by atoms with Crippen molar-refractivity contribution < 1.29 is 17.9 Å². The molecule has 0 aliphatic carbocycles. The van der Waals surface area contributed by atoms with Gasteiger partial charge in [-0.15, -0.1) is 0 Å². The molecular formula is C11H10F3NO. The first kappa shape index (κ1) is 12.4. The molecule has 0 aliphatic rings. The van der Waals surface area contributed by atoms with Gasteiger partial charge in [-0.05, 0) is 24.6 Å². The van der Waals surface area contributed by atoms with Gasteiger partial charge in [0.05, 0.1) is 23.8 Å². The maximum Gasteiger partial charge on any atom is 0.420 e. The van der Waals surface area contributed by atoms with Crippen molar-refractivity contribution in [3.8, 4) is 11.8 Å². The van der Waals surface area contributed by atoms with Crippen LogP contribution < -0.4 is 4.74 Å². The number of alkyl halides is 3. The third kappa shape index (κ3) is 2.89. The van der Waals surface area contributed by atoms with Crippen molar-refractivity contribution >= 4 is 0 Å². The molecule has 0 N–H and O–H groups in total. The zero-order valence-electron chi connectivity index (χ0n) is 8.64. The van der Waals surface area contributed by atoms with Crippen LogP contribution in [0.2, 0.25) is 0 Å². The Labute approximate surface area is 91.3 Å². The third-order valence-corrected chi connectivity index (χ3v) is 1.88. The number of nitrogens with zero attached hydrogens (tertiary/aromatic N) is 1. The van der Waals surface area contributed by atoms with Crippen molar-refractivity contribution in [3.63, 3.8) is 0 Å². The van der Waals surface area contributed by atoms with Crippen LogP contribution in [0.4, 0.5) is 13.2 Å². The molecule has 5 heteroatoms. The fraction of sp³-hybridized carbons (Fsp3) is 0.364. The monoisotopic (exact) mass is 229 g/mol. The minimum absolute atomic E-state index is 0.0313. The largest absolute Gasteiger partial charge is 0.493 e. The first-order chi connectivity index (χ1) is 7.49. The molecule has 1 aromatic rings. The molecule has 0 atom stereocenters. The zero-order chi connectivity index (χ0) is 12.2. The molecular weight excluding hydrogens is 219 g/mol. The summed E-state index contributed by atoms with van der Waals surface area (Å²) in [6.07, 6.45) is -3.88. The number of nitriles is 1. The summed E-state index contributed by atoms with van der Waals surface area (Å²) in [7, 11) is 0. The van der Waals surface area contributed by atoms with Gasteiger partial charge in [0.25, 0.3) is 0 Å². The van der Waals surface area contributed by atoms with E-state index < -0.39 is 11.7 Å². The van der Waals surface area contributed by atoms with E-state index in [9.17, 15) is 13.2 Å². The quantitative estimate of drug-likeness (QED) is 0.796. The Kier molecular flexibility index (Phi) is 3.78. The Hall–Kier alpha value is -1.70. The van der Waals surface area contributed by atoms with E-state index in [0.717, 1.165) is 6.07 Å². The molecule has 1 aromatic carbocycles. The molecule has 0 bridgehead atoms. The van der Waals surface area contributed by atoms with E-state index in [4.69, 9.17) is 10.00 Å². The van der Waals surface area contributed by atoms with Crippen molar-refractivity contribution in [1.82, 2.24) is 0 Å². The Morgan fingerprint density at radius 3 is 2.56 bits per heavy atom. The van der Waals surface area contributed by atoms with E-state index in [2.05, 4.69) is 0 Å². The summed E-state index contributed by atoms with van der Waals surface area (Å²) in [6, 6.07) is 4.95. The van der Waals surface area contributed by atoms with Gasteiger partial charge in [-0.25, -0.2) is 0 Å². The zero-order valence-corrected chi connectivity index (χ0v) is 8.64. The van der Waals surface area contributed by atoms with Crippen LogP contribution in [0.1, 0.15) is 24.5 Å². The van der Waals surface area contributed by atoms with Gasteiger partial charge in [0, 0.05) is 0 Å². The summed E-state index contributed by atoms with van der Waals surface area (Å²) in [5.74, 6) is -0.228. The van der Waals surface area contributed by atoms with E-state index in [1.165, 1.54) is 12.1 Å². The second-order valence-electron chi connectivity index (χ2n) is 3.17. The van der Waals surface area contributed by atoms with Crippen molar-refractivity contribution in [3.05, 3.63) is 29.3 Å². The Balaban J connectivity index is 3.13. The van der Waals surface area contributed by atoms with E-state index in [1.807, 2.05) is 0 Å². The fourth-order valence-corrected chi connectivity index (χ4v) is 1.16. The van der Waals surface area contributed by atoms with Crippen molar-refractivity contribution in [1.29, 1.82) is 5.26 Å². The lowest BCUT2D eigenvalue weighted by atomic mass is 10.1. The van der Waals surface area contributed by atoms with Crippen LogP contribution in [0.15, 0.2) is 18.2 Å². The van der Waals surface area contributed by atoms with Gasteiger partial charge in [-0.3, -0.25) is 0 Å². The normalized spacial score (nSPS) is 10.9. The van der Waals surface area contributed by atoms with Gasteiger partial charge in [-0.2, -0.15) is 18.4 Å². The summed E-state index contributed by atoms with van der Waals surface area (Å²) in [4.78, 5) is 0. The lowest BCUT2D eigenvalue weighted by Gasteiger charge is -2.13. The molecule has 0 saturated carbocycles. The molecule has 16 heavy (non-hydrogen) atoms. The maximum absolute atomic E-state index is 12.6. The molecule has 0 radical (unpaired) electrons. The molecule has 1 rings (SSSR count). The summed E-state index contributed by atoms with van der Waals surface area (Å²) in [5.41, 5.74) is -0.934. The SMILES string of the molecule is CCCOc1ccc(C#N)cc1C(F)(F)F. The van der Waals surface area contributed by atoms with E-state index in [1.54, 1.807) is 13.0 Å². The van der Waals surface area contributed by atoms with Gasteiger partial charge in [0.15, 0.2) is 0 Å². The molecule has 0 amide bonds. The lowest BCUT2D eigenvalue weighted by molar-refractivity contribution is -0.139. The van der Waals surface area contributed by atoms with Crippen LogP contribution in [0.5, 0.6) is 5.75 Å². The van der Waals surface area contributed by atoms with Crippen LogP contribution in [-0.2, 0) is 6.18 Å². The number of rotatable bonds is 3. The number of hydrogen-bond acceptors (Lipinski definition) is 2. The van der Waals surface area contributed by atoms with E-state index in [-0.39, 0.29) is 17.9 Å². The van der Waals surface area contributed by atoms with Gasteiger partial charge in [0.1, 0.15) is 5.75 Å². The van der Waals surface area contributed by atoms with Crippen molar-refractivity contribution in [2.45, 2.75) is 19.5 Å². The third-order valence-electron chi connectivity index (χ3n) is 1.88. The van der Waals surface area contributed by atoms with Crippen LogP contribution in [-0.4, -0.2) is 6.61 Å². The Morgan fingerprint density at radius 2 is 2.06 bits per heavy atom. The summed E-state index contributed by atoms with van der Waals surface area (Å²) in [6.45, 7) is 2.02.